The number of hydrogen-bond acceptors (Lipinski definition) is 5. The van der Waals surface area contributed by atoms with Crippen LogP contribution in [0.15, 0.2) is 0 Å². The third-order valence-electron chi connectivity index (χ3n) is 2.22. The van der Waals surface area contributed by atoms with Crippen LogP contribution in [0.5, 0.6) is 0 Å². The highest BCUT2D eigenvalue weighted by Gasteiger charge is 2.52. The quantitative estimate of drug-likeness (QED) is 0.431. The van der Waals surface area contributed by atoms with Gasteiger partial charge in [-0.25, -0.2) is 8.78 Å². The molecule has 1 saturated heterocycles. The normalized spacial score (nSPS) is 49.3. The van der Waals surface area contributed by atoms with E-state index < -0.39 is 43.6 Å². The lowest BCUT2D eigenvalue weighted by molar-refractivity contribution is -0.350. The van der Waals surface area contributed by atoms with Crippen molar-refractivity contribution in [1.82, 2.24) is 0 Å². The van der Waals surface area contributed by atoms with Gasteiger partial charge in [0.15, 0.2) is 0 Å². The third-order valence-corrected chi connectivity index (χ3v) is 2.22. The van der Waals surface area contributed by atoms with Gasteiger partial charge in [0.05, 0.1) is 0 Å². The first-order valence-corrected chi connectivity index (χ1v) is 4.02. The number of hydrogen-bond donors (Lipinski definition) is 4. The number of halogens is 2. The molecule has 1 fully saturated rings. The summed E-state index contributed by atoms with van der Waals surface area (Å²) in [5.41, 5.74) is 0. The maximum atomic E-state index is 12.3. The van der Waals surface area contributed by atoms with Crippen LogP contribution in [0, 0.1) is 0 Å². The highest BCUT2D eigenvalue weighted by molar-refractivity contribution is 4.95. The van der Waals surface area contributed by atoms with Crippen molar-refractivity contribution < 1.29 is 33.9 Å². The summed E-state index contributed by atoms with van der Waals surface area (Å²) >= 11 is 0. The van der Waals surface area contributed by atoms with Crippen molar-refractivity contribution in [2.45, 2.75) is 30.2 Å². The number of ether oxygens (including phenoxy) is 1. The van der Waals surface area contributed by atoms with Crippen LogP contribution in [0.25, 0.3) is 0 Å². The predicted molar refractivity (Wildman–Crippen MR) is 39.8 cm³/mol. The van der Waals surface area contributed by atoms with Gasteiger partial charge in [-0.05, 0) is 0 Å². The fraction of sp³-hybridized carbons (Fsp3) is 1.00. The highest BCUT2D eigenvalue weighted by atomic mass is 19.1. The zero-order chi connectivity index (χ0) is 10.9. The highest BCUT2D eigenvalue weighted by Crippen LogP contribution is 2.28. The molecule has 0 spiro atoms. The fourth-order valence-corrected chi connectivity index (χ4v) is 1.31. The SMILES string of the molecule is O[C@H]1[C@H](O)[C@H](O)[C@](O)(CF)O[C@@H]1CF. The number of rotatable bonds is 2. The Hall–Kier alpha value is -0.340. The molecule has 84 valence electrons. The second kappa shape index (κ2) is 4.03. The van der Waals surface area contributed by atoms with E-state index in [2.05, 4.69) is 4.74 Å². The topological polar surface area (TPSA) is 90.2 Å². The largest absolute Gasteiger partial charge is 0.387 e. The van der Waals surface area contributed by atoms with E-state index in [1.807, 2.05) is 0 Å². The van der Waals surface area contributed by atoms with Crippen molar-refractivity contribution in [1.29, 1.82) is 0 Å². The molecule has 4 N–H and O–H groups in total. The number of alkyl halides is 2. The Kier molecular flexibility index (Phi) is 3.38. The molecule has 0 aliphatic carbocycles. The van der Waals surface area contributed by atoms with Crippen molar-refractivity contribution in [3.63, 3.8) is 0 Å². The molecule has 1 aliphatic heterocycles. The second-order valence-corrected chi connectivity index (χ2v) is 3.22. The second-order valence-electron chi connectivity index (χ2n) is 3.22. The molecule has 0 radical (unpaired) electrons. The van der Waals surface area contributed by atoms with Crippen molar-refractivity contribution in [3.05, 3.63) is 0 Å². The summed E-state index contributed by atoms with van der Waals surface area (Å²) in [5.74, 6) is -2.66. The van der Waals surface area contributed by atoms with Crippen LogP contribution in [-0.2, 0) is 4.74 Å². The first kappa shape index (κ1) is 11.7. The van der Waals surface area contributed by atoms with Gasteiger partial charge in [0.1, 0.15) is 37.8 Å². The Bertz CT molecular complexity index is 203. The molecule has 5 nitrogen and oxygen atoms in total. The van der Waals surface area contributed by atoms with E-state index in [0.717, 1.165) is 0 Å². The molecule has 0 bridgehead atoms. The van der Waals surface area contributed by atoms with Gasteiger partial charge in [0.2, 0.25) is 5.79 Å². The number of aliphatic hydroxyl groups is 4. The minimum Gasteiger partial charge on any atom is -0.387 e. The molecule has 5 atom stereocenters. The number of aliphatic hydroxyl groups excluding tert-OH is 3. The van der Waals surface area contributed by atoms with Crippen LogP contribution in [0.1, 0.15) is 0 Å². The summed E-state index contributed by atoms with van der Waals surface area (Å²) in [5, 5.41) is 36.7. The molecule has 1 heterocycles. The van der Waals surface area contributed by atoms with Crippen LogP contribution in [0.4, 0.5) is 8.78 Å². The van der Waals surface area contributed by atoms with Crippen LogP contribution in [0.3, 0.4) is 0 Å². The van der Waals surface area contributed by atoms with Gasteiger partial charge in [-0.2, -0.15) is 0 Å². The lowest BCUT2D eigenvalue weighted by Crippen LogP contribution is -2.65. The first-order valence-electron chi connectivity index (χ1n) is 4.02. The fourth-order valence-electron chi connectivity index (χ4n) is 1.31. The van der Waals surface area contributed by atoms with Gasteiger partial charge in [0, 0.05) is 0 Å². The predicted octanol–water partition coefficient (Wildman–Crippen LogP) is -1.90. The van der Waals surface area contributed by atoms with Crippen LogP contribution >= 0.6 is 0 Å². The Balaban J connectivity index is 2.84. The monoisotopic (exact) mass is 214 g/mol. The molecule has 1 rings (SSSR count). The first-order chi connectivity index (χ1) is 6.46. The summed E-state index contributed by atoms with van der Waals surface area (Å²) < 4.78 is 28.9. The maximum Gasteiger partial charge on any atom is 0.224 e. The summed E-state index contributed by atoms with van der Waals surface area (Å²) in [6.45, 7) is -2.71. The molecular formula is C7H12F2O5. The van der Waals surface area contributed by atoms with Gasteiger partial charge >= 0.3 is 0 Å². The van der Waals surface area contributed by atoms with E-state index >= 15 is 0 Å². The van der Waals surface area contributed by atoms with Gasteiger partial charge in [-0.15, -0.1) is 0 Å². The Morgan fingerprint density at radius 1 is 1.14 bits per heavy atom. The average Bonchev–Trinajstić information content (AvgIpc) is 2.20. The van der Waals surface area contributed by atoms with Crippen molar-refractivity contribution in [2.75, 3.05) is 13.3 Å². The molecule has 0 aromatic carbocycles. The van der Waals surface area contributed by atoms with E-state index in [0.29, 0.717) is 0 Å². The molecule has 0 unspecified atom stereocenters. The summed E-state index contributed by atoms with van der Waals surface area (Å²) in [7, 11) is 0. The summed E-state index contributed by atoms with van der Waals surface area (Å²) in [6, 6.07) is 0. The zero-order valence-corrected chi connectivity index (χ0v) is 7.18. The van der Waals surface area contributed by atoms with Crippen LogP contribution in [-0.4, -0.2) is 64.0 Å². The average molecular weight is 214 g/mol. The van der Waals surface area contributed by atoms with E-state index in [1.165, 1.54) is 0 Å². The minimum absolute atomic E-state index is 1.20. The molecule has 1 aliphatic rings. The van der Waals surface area contributed by atoms with E-state index in [9.17, 15) is 13.9 Å². The standard InChI is InChI=1S/C7H12F2O5/c8-1-3-4(10)5(11)6(12)7(13,2-9)14-3/h3-6,10-13H,1-2H2/t3-,4-,5+,6+,7+/m1/s1. The van der Waals surface area contributed by atoms with E-state index in [1.54, 1.807) is 0 Å². The van der Waals surface area contributed by atoms with Gasteiger partial charge in [-0.3, -0.25) is 0 Å². The lowest BCUT2D eigenvalue weighted by Gasteiger charge is -2.43. The summed E-state index contributed by atoms with van der Waals surface area (Å²) in [4.78, 5) is 0. The van der Waals surface area contributed by atoms with Crippen LogP contribution in [0.2, 0.25) is 0 Å². The van der Waals surface area contributed by atoms with Crippen LogP contribution < -0.4 is 0 Å². The minimum atomic E-state index is -2.66. The van der Waals surface area contributed by atoms with Crippen molar-refractivity contribution in [2.24, 2.45) is 0 Å². The van der Waals surface area contributed by atoms with E-state index in [-0.39, 0.29) is 0 Å². The van der Waals surface area contributed by atoms with Gasteiger partial charge in [0.25, 0.3) is 0 Å². The molecule has 14 heavy (non-hydrogen) atoms. The van der Waals surface area contributed by atoms with Crippen molar-refractivity contribution >= 4 is 0 Å². The van der Waals surface area contributed by atoms with Gasteiger partial charge < -0.3 is 25.2 Å². The molecule has 0 saturated carbocycles. The smallest absolute Gasteiger partial charge is 0.224 e. The lowest BCUT2D eigenvalue weighted by atomic mass is 9.93. The third kappa shape index (κ3) is 1.73. The summed E-state index contributed by atoms with van der Waals surface area (Å²) in [6.07, 6.45) is -7.09. The molecule has 0 aromatic rings. The maximum absolute atomic E-state index is 12.3. The Morgan fingerprint density at radius 3 is 2.14 bits per heavy atom. The molecule has 0 aromatic heterocycles. The molecule has 0 amide bonds. The van der Waals surface area contributed by atoms with E-state index in [4.69, 9.17) is 15.3 Å². The Labute approximate surface area is 78.5 Å². The Morgan fingerprint density at radius 2 is 1.71 bits per heavy atom. The molecule has 7 heteroatoms. The van der Waals surface area contributed by atoms with Gasteiger partial charge in [-0.1, -0.05) is 0 Å². The zero-order valence-electron chi connectivity index (χ0n) is 7.18. The van der Waals surface area contributed by atoms with Crippen molar-refractivity contribution in [3.8, 4) is 0 Å². The molecular weight excluding hydrogens is 202 g/mol.